The highest BCUT2D eigenvalue weighted by molar-refractivity contribution is 5.83. The van der Waals surface area contributed by atoms with Crippen molar-refractivity contribution in [1.82, 2.24) is 20.0 Å². The van der Waals surface area contributed by atoms with Crippen molar-refractivity contribution in [3.8, 4) is 5.69 Å². The number of hydrogen-bond acceptors (Lipinski definition) is 4. The van der Waals surface area contributed by atoms with Gasteiger partial charge in [0.05, 0.1) is 29.3 Å². The molecule has 5 nitrogen and oxygen atoms in total. The molecule has 3 rings (SSSR count). The summed E-state index contributed by atoms with van der Waals surface area (Å²) in [5.74, 6) is 0. The van der Waals surface area contributed by atoms with Gasteiger partial charge in [0.2, 0.25) is 0 Å². The van der Waals surface area contributed by atoms with Crippen LogP contribution < -0.4 is 5.73 Å². The first-order chi connectivity index (χ1) is 8.24. The average Bonchev–Trinajstić information content (AvgIpc) is 2.71. The number of nitrogen functional groups attached to an aromatic ring is 1. The lowest BCUT2D eigenvalue weighted by atomic mass is 10.2. The molecule has 0 bridgehead atoms. The molecule has 0 fully saturated rings. The predicted molar refractivity (Wildman–Crippen MR) is 65.8 cm³/mol. The van der Waals surface area contributed by atoms with Gasteiger partial charge in [-0.15, -0.1) is 0 Å². The van der Waals surface area contributed by atoms with Crippen LogP contribution in [0.5, 0.6) is 0 Å². The van der Waals surface area contributed by atoms with Crippen LogP contribution in [0.2, 0.25) is 0 Å². The fraction of sp³-hybridized carbons (Fsp3) is 0.0833. The molecule has 0 unspecified atom stereocenters. The lowest BCUT2D eigenvalue weighted by Gasteiger charge is -2.03. The van der Waals surface area contributed by atoms with Crippen LogP contribution in [-0.2, 0) is 0 Å². The van der Waals surface area contributed by atoms with Crippen molar-refractivity contribution in [1.29, 1.82) is 0 Å². The zero-order chi connectivity index (χ0) is 11.8. The van der Waals surface area contributed by atoms with Crippen LogP contribution in [0.3, 0.4) is 0 Å². The van der Waals surface area contributed by atoms with Gasteiger partial charge >= 0.3 is 0 Å². The summed E-state index contributed by atoms with van der Waals surface area (Å²) >= 11 is 0. The topological polar surface area (TPSA) is 69.6 Å². The Morgan fingerprint density at radius 2 is 2.06 bits per heavy atom. The molecule has 84 valence electrons. The number of fused-ring (bicyclic) bond motifs is 1. The summed E-state index contributed by atoms with van der Waals surface area (Å²) in [6.45, 7) is 1.90. The number of nitrogens with zero attached hydrogens (tertiary/aromatic N) is 4. The molecular weight excluding hydrogens is 214 g/mol. The number of benzene rings is 1. The Balaban J connectivity index is 2.27. The molecule has 5 heteroatoms. The Morgan fingerprint density at radius 3 is 2.88 bits per heavy atom. The Labute approximate surface area is 97.9 Å². The van der Waals surface area contributed by atoms with E-state index in [1.807, 2.05) is 42.1 Å². The monoisotopic (exact) mass is 225 g/mol. The molecule has 0 atom stereocenters. The van der Waals surface area contributed by atoms with Crippen LogP contribution in [0.1, 0.15) is 5.69 Å². The molecule has 0 saturated heterocycles. The number of aromatic nitrogens is 4. The van der Waals surface area contributed by atoms with Crippen LogP contribution in [0.25, 0.3) is 16.6 Å². The molecule has 3 aromatic rings. The summed E-state index contributed by atoms with van der Waals surface area (Å²) in [5.41, 5.74) is 9.22. The summed E-state index contributed by atoms with van der Waals surface area (Å²) < 4.78 is 1.81. The Hall–Kier alpha value is -2.43. The van der Waals surface area contributed by atoms with E-state index in [-0.39, 0.29) is 0 Å². The number of anilines is 1. The maximum Gasteiger partial charge on any atom is 0.0873 e. The minimum atomic E-state index is 0.720. The first-order valence-electron chi connectivity index (χ1n) is 5.27. The van der Waals surface area contributed by atoms with Crippen LogP contribution in [-0.4, -0.2) is 20.0 Å². The first-order valence-corrected chi connectivity index (χ1v) is 5.27. The number of nitrogens with two attached hydrogens (primary N) is 1. The smallest absolute Gasteiger partial charge is 0.0873 e. The molecule has 2 N–H and O–H groups in total. The zero-order valence-electron chi connectivity index (χ0n) is 9.33. The summed E-state index contributed by atoms with van der Waals surface area (Å²) in [7, 11) is 0. The molecule has 0 amide bonds. The maximum atomic E-state index is 5.79. The van der Waals surface area contributed by atoms with Crippen molar-refractivity contribution in [3.05, 3.63) is 42.4 Å². The van der Waals surface area contributed by atoms with Gasteiger partial charge in [0, 0.05) is 11.1 Å². The Kier molecular flexibility index (Phi) is 2.04. The predicted octanol–water partition coefficient (Wildman–Crippen LogP) is 1.71. The van der Waals surface area contributed by atoms with E-state index in [0.717, 1.165) is 28.0 Å². The van der Waals surface area contributed by atoms with Gasteiger partial charge < -0.3 is 5.73 Å². The van der Waals surface area contributed by atoms with Gasteiger partial charge in [-0.25, -0.2) is 4.68 Å². The van der Waals surface area contributed by atoms with E-state index in [1.165, 1.54) is 0 Å². The lowest BCUT2D eigenvalue weighted by molar-refractivity contribution is 0.873. The van der Waals surface area contributed by atoms with E-state index in [0.29, 0.717) is 0 Å². The standard InChI is InChI=1S/C12H11N5/c1-8-4-11(7-14-16-8)17-12-5-10(13)3-2-9(12)6-15-17/h2-7H,13H2,1H3. The Morgan fingerprint density at radius 1 is 1.18 bits per heavy atom. The molecule has 2 aromatic heterocycles. The molecule has 17 heavy (non-hydrogen) atoms. The van der Waals surface area contributed by atoms with Crippen molar-refractivity contribution < 1.29 is 0 Å². The van der Waals surface area contributed by atoms with E-state index in [1.54, 1.807) is 6.20 Å². The quantitative estimate of drug-likeness (QED) is 0.640. The van der Waals surface area contributed by atoms with Crippen molar-refractivity contribution in [3.63, 3.8) is 0 Å². The fourth-order valence-corrected chi connectivity index (χ4v) is 1.82. The first kappa shape index (κ1) is 9.77. The van der Waals surface area contributed by atoms with Gasteiger partial charge in [-0.1, -0.05) is 0 Å². The normalized spacial score (nSPS) is 10.9. The second kappa shape index (κ2) is 3.55. The van der Waals surface area contributed by atoms with Gasteiger partial charge in [-0.3, -0.25) is 0 Å². The third kappa shape index (κ3) is 1.61. The van der Waals surface area contributed by atoms with E-state index < -0.39 is 0 Å². The van der Waals surface area contributed by atoms with E-state index in [9.17, 15) is 0 Å². The van der Waals surface area contributed by atoms with Gasteiger partial charge in [-0.2, -0.15) is 15.3 Å². The van der Waals surface area contributed by atoms with Gasteiger partial charge in [0.1, 0.15) is 0 Å². The van der Waals surface area contributed by atoms with Crippen LogP contribution in [0, 0.1) is 6.92 Å². The number of hydrogen-bond donors (Lipinski definition) is 1. The van der Waals surface area contributed by atoms with Gasteiger partial charge in [0.25, 0.3) is 0 Å². The minimum absolute atomic E-state index is 0.720. The van der Waals surface area contributed by atoms with Crippen LogP contribution >= 0.6 is 0 Å². The molecule has 2 heterocycles. The molecule has 0 radical (unpaired) electrons. The third-order valence-electron chi connectivity index (χ3n) is 2.60. The highest BCUT2D eigenvalue weighted by Gasteiger charge is 2.05. The largest absolute Gasteiger partial charge is 0.399 e. The summed E-state index contributed by atoms with van der Waals surface area (Å²) in [5, 5.41) is 13.2. The molecule has 0 saturated carbocycles. The second-order valence-corrected chi connectivity index (χ2v) is 3.93. The molecule has 1 aromatic carbocycles. The zero-order valence-corrected chi connectivity index (χ0v) is 9.33. The van der Waals surface area contributed by atoms with E-state index in [2.05, 4.69) is 15.3 Å². The number of aryl methyl sites for hydroxylation is 1. The molecule has 0 aliphatic carbocycles. The van der Waals surface area contributed by atoms with Gasteiger partial charge in [0.15, 0.2) is 0 Å². The highest BCUT2D eigenvalue weighted by atomic mass is 15.3. The summed E-state index contributed by atoms with van der Waals surface area (Å²) in [6, 6.07) is 7.65. The van der Waals surface area contributed by atoms with E-state index >= 15 is 0 Å². The average molecular weight is 225 g/mol. The highest BCUT2D eigenvalue weighted by Crippen LogP contribution is 2.20. The van der Waals surface area contributed by atoms with Crippen molar-refractivity contribution in [2.45, 2.75) is 6.92 Å². The van der Waals surface area contributed by atoms with Crippen LogP contribution in [0.15, 0.2) is 36.7 Å². The van der Waals surface area contributed by atoms with Crippen molar-refractivity contribution in [2.75, 3.05) is 5.73 Å². The van der Waals surface area contributed by atoms with Crippen molar-refractivity contribution >= 4 is 16.6 Å². The summed E-state index contributed by atoms with van der Waals surface area (Å²) in [6.07, 6.45) is 3.49. The Bertz CT molecular complexity index is 686. The third-order valence-corrected chi connectivity index (χ3v) is 2.60. The van der Waals surface area contributed by atoms with Crippen molar-refractivity contribution in [2.24, 2.45) is 0 Å². The SMILES string of the molecule is Cc1cc(-n2ncc3ccc(N)cc32)cnn1. The summed E-state index contributed by atoms with van der Waals surface area (Å²) in [4.78, 5) is 0. The molecule has 0 aliphatic heterocycles. The maximum absolute atomic E-state index is 5.79. The minimum Gasteiger partial charge on any atom is -0.399 e. The molecule has 0 aliphatic rings. The lowest BCUT2D eigenvalue weighted by Crippen LogP contribution is -1.99. The van der Waals surface area contributed by atoms with Gasteiger partial charge in [-0.05, 0) is 31.2 Å². The molecular formula is C12H11N5. The second-order valence-electron chi connectivity index (χ2n) is 3.93. The van der Waals surface area contributed by atoms with E-state index in [4.69, 9.17) is 5.73 Å². The fourth-order valence-electron chi connectivity index (χ4n) is 1.82. The molecule has 0 spiro atoms. The van der Waals surface area contributed by atoms with Crippen LogP contribution in [0.4, 0.5) is 5.69 Å². The number of rotatable bonds is 1.